The van der Waals surface area contributed by atoms with Gasteiger partial charge in [0.05, 0.1) is 0 Å². The molecule has 0 bridgehead atoms. The first kappa shape index (κ1) is 11.4. The zero-order chi connectivity index (χ0) is 10.6. The summed E-state index contributed by atoms with van der Waals surface area (Å²) >= 11 is 2.17. The predicted octanol–water partition coefficient (Wildman–Crippen LogP) is 2.17. The van der Waals surface area contributed by atoms with Crippen LogP contribution in [-0.2, 0) is 0 Å². The lowest BCUT2D eigenvalue weighted by Crippen LogP contribution is -2.31. The minimum Gasteiger partial charge on any atom is -0.338 e. The number of hydrogen-bond acceptors (Lipinski definition) is 2. The Hall–Kier alpha value is -0.650. The molecule has 1 rings (SSSR count). The van der Waals surface area contributed by atoms with E-state index in [2.05, 4.69) is 27.6 Å². The van der Waals surface area contributed by atoms with E-state index in [9.17, 15) is 4.79 Å². The lowest BCUT2D eigenvalue weighted by molar-refractivity contribution is 0.0767. The van der Waals surface area contributed by atoms with Gasteiger partial charge in [-0.25, -0.2) is 4.98 Å². The van der Waals surface area contributed by atoms with Crippen LogP contribution in [0.2, 0.25) is 0 Å². The normalized spacial score (nSPS) is 9.93. The summed E-state index contributed by atoms with van der Waals surface area (Å²) in [5, 5.41) is 0. The number of amides is 1. The molecule has 14 heavy (non-hydrogen) atoms. The molecule has 0 unspecified atom stereocenters. The molecule has 76 valence electrons. The number of carbonyl (C=O) groups excluding carboxylic acids is 1. The van der Waals surface area contributed by atoms with E-state index in [1.54, 1.807) is 17.2 Å². The van der Waals surface area contributed by atoms with Gasteiger partial charge < -0.3 is 4.90 Å². The Morgan fingerprint density at radius 3 is 2.50 bits per heavy atom. The maximum Gasteiger partial charge on any atom is 0.272 e. The summed E-state index contributed by atoms with van der Waals surface area (Å²) < 4.78 is 1.04. The average Bonchev–Trinajstić information content (AvgIpc) is 2.20. The van der Waals surface area contributed by atoms with Crippen LogP contribution in [0.25, 0.3) is 0 Å². The molecule has 0 aromatic carbocycles. The van der Waals surface area contributed by atoms with E-state index in [1.165, 1.54) is 0 Å². The molecule has 0 atom stereocenters. The number of halogens is 1. The van der Waals surface area contributed by atoms with Crippen LogP contribution in [0.3, 0.4) is 0 Å². The van der Waals surface area contributed by atoms with E-state index in [4.69, 9.17) is 0 Å². The van der Waals surface area contributed by atoms with Gasteiger partial charge in [-0.3, -0.25) is 4.79 Å². The van der Waals surface area contributed by atoms with E-state index < -0.39 is 0 Å². The predicted molar refractivity (Wildman–Crippen MR) is 64.2 cm³/mol. The summed E-state index contributed by atoms with van der Waals surface area (Å²) in [6.45, 7) is 5.38. The van der Waals surface area contributed by atoms with E-state index >= 15 is 0 Å². The molecular weight excluding hydrogens is 291 g/mol. The van der Waals surface area contributed by atoms with E-state index in [0.29, 0.717) is 5.69 Å². The molecule has 0 aliphatic rings. The quantitative estimate of drug-likeness (QED) is 0.802. The monoisotopic (exact) mass is 304 g/mol. The highest BCUT2D eigenvalue weighted by Crippen LogP contribution is 2.05. The van der Waals surface area contributed by atoms with Gasteiger partial charge in [-0.05, 0) is 48.6 Å². The van der Waals surface area contributed by atoms with E-state index in [-0.39, 0.29) is 5.91 Å². The number of carbonyl (C=O) groups is 1. The van der Waals surface area contributed by atoms with Gasteiger partial charge in [0.1, 0.15) is 5.69 Å². The highest BCUT2D eigenvalue weighted by molar-refractivity contribution is 14.1. The van der Waals surface area contributed by atoms with Gasteiger partial charge >= 0.3 is 0 Å². The standard InChI is InChI=1S/C10H13IN2O/c1-3-13(4-2)10(14)9-6-5-8(11)7-12-9/h5-7H,3-4H2,1-2H3. The Morgan fingerprint density at radius 2 is 2.07 bits per heavy atom. The maximum atomic E-state index is 11.8. The van der Waals surface area contributed by atoms with Crippen molar-refractivity contribution in [2.24, 2.45) is 0 Å². The molecule has 0 spiro atoms. The van der Waals surface area contributed by atoms with Crippen molar-refractivity contribution in [1.29, 1.82) is 0 Å². The third-order valence-corrected chi connectivity index (χ3v) is 2.64. The fourth-order valence-corrected chi connectivity index (χ4v) is 1.49. The first-order valence-electron chi connectivity index (χ1n) is 4.59. The molecule has 3 nitrogen and oxygen atoms in total. The Morgan fingerprint density at radius 1 is 1.43 bits per heavy atom. The second kappa shape index (κ2) is 5.29. The summed E-state index contributed by atoms with van der Waals surface area (Å²) in [4.78, 5) is 17.6. The summed E-state index contributed by atoms with van der Waals surface area (Å²) in [6, 6.07) is 3.66. The number of pyridine rings is 1. The summed E-state index contributed by atoms with van der Waals surface area (Å²) in [7, 11) is 0. The highest BCUT2D eigenvalue weighted by Gasteiger charge is 2.12. The smallest absolute Gasteiger partial charge is 0.272 e. The van der Waals surface area contributed by atoms with Crippen LogP contribution < -0.4 is 0 Å². The zero-order valence-electron chi connectivity index (χ0n) is 8.33. The van der Waals surface area contributed by atoms with Crippen LogP contribution in [0.15, 0.2) is 18.3 Å². The molecule has 4 heteroatoms. The molecule has 0 saturated heterocycles. The Labute approximate surface area is 97.7 Å². The molecule has 0 saturated carbocycles. The highest BCUT2D eigenvalue weighted by atomic mass is 127. The minimum atomic E-state index is 0.00593. The van der Waals surface area contributed by atoms with Crippen LogP contribution in [0.1, 0.15) is 24.3 Å². The third-order valence-electron chi connectivity index (χ3n) is 2.00. The van der Waals surface area contributed by atoms with Crippen molar-refractivity contribution in [2.45, 2.75) is 13.8 Å². The van der Waals surface area contributed by atoms with Crippen molar-refractivity contribution in [3.05, 3.63) is 27.6 Å². The molecule has 0 aliphatic heterocycles. The molecule has 1 aromatic rings. The van der Waals surface area contributed by atoms with Crippen molar-refractivity contribution < 1.29 is 4.79 Å². The molecule has 1 heterocycles. The molecule has 0 fully saturated rings. The lowest BCUT2D eigenvalue weighted by Gasteiger charge is -2.17. The minimum absolute atomic E-state index is 0.00593. The van der Waals surface area contributed by atoms with Crippen LogP contribution in [0.5, 0.6) is 0 Å². The average molecular weight is 304 g/mol. The van der Waals surface area contributed by atoms with Crippen molar-refractivity contribution >= 4 is 28.5 Å². The molecule has 1 aromatic heterocycles. The summed E-state index contributed by atoms with van der Waals surface area (Å²) in [5.74, 6) is 0.00593. The number of aromatic nitrogens is 1. The largest absolute Gasteiger partial charge is 0.338 e. The number of nitrogens with zero attached hydrogens (tertiary/aromatic N) is 2. The topological polar surface area (TPSA) is 33.2 Å². The van der Waals surface area contributed by atoms with Crippen LogP contribution in [0.4, 0.5) is 0 Å². The lowest BCUT2D eigenvalue weighted by atomic mass is 10.3. The van der Waals surface area contributed by atoms with Gasteiger partial charge in [-0.2, -0.15) is 0 Å². The van der Waals surface area contributed by atoms with Crippen LogP contribution >= 0.6 is 22.6 Å². The van der Waals surface area contributed by atoms with Crippen molar-refractivity contribution in [3.63, 3.8) is 0 Å². The molecule has 0 radical (unpaired) electrons. The summed E-state index contributed by atoms with van der Waals surface area (Å²) in [6.07, 6.45) is 1.71. The zero-order valence-corrected chi connectivity index (χ0v) is 10.5. The number of hydrogen-bond donors (Lipinski definition) is 0. The van der Waals surface area contributed by atoms with Crippen LogP contribution in [0, 0.1) is 3.57 Å². The van der Waals surface area contributed by atoms with Crippen molar-refractivity contribution in [1.82, 2.24) is 9.88 Å². The Bertz CT molecular complexity index is 306. The SMILES string of the molecule is CCN(CC)C(=O)c1ccc(I)cn1. The second-order valence-electron chi connectivity index (χ2n) is 2.84. The first-order valence-corrected chi connectivity index (χ1v) is 5.67. The van der Waals surface area contributed by atoms with Gasteiger partial charge in [0.2, 0.25) is 0 Å². The molecule has 0 N–H and O–H groups in total. The van der Waals surface area contributed by atoms with Crippen LogP contribution in [-0.4, -0.2) is 28.9 Å². The Kier molecular flexibility index (Phi) is 4.31. The van der Waals surface area contributed by atoms with Gasteiger partial charge in [0.15, 0.2) is 0 Å². The molecular formula is C10H13IN2O. The second-order valence-corrected chi connectivity index (χ2v) is 4.08. The summed E-state index contributed by atoms with van der Waals surface area (Å²) in [5.41, 5.74) is 0.522. The van der Waals surface area contributed by atoms with Gasteiger partial charge in [-0.1, -0.05) is 0 Å². The van der Waals surface area contributed by atoms with Gasteiger partial charge in [0.25, 0.3) is 5.91 Å². The van der Waals surface area contributed by atoms with Gasteiger partial charge in [0, 0.05) is 22.9 Å². The van der Waals surface area contributed by atoms with Crippen molar-refractivity contribution in [3.8, 4) is 0 Å². The first-order chi connectivity index (χ1) is 6.69. The van der Waals surface area contributed by atoms with Gasteiger partial charge in [-0.15, -0.1) is 0 Å². The number of rotatable bonds is 3. The fourth-order valence-electron chi connectivity index (χ4n) is 1.18. The van der Waals surface area contributed by atoms with E-state index in [0.717, 1.165) is 16.7 Å². The molecule has 1 amide bonds. The third kappa shape index (κ3) is 2.67. The maximum absolute atomic E-state index is 11.8. The Balaban J connectivity index is 2.83. The molecule has 0 aliphatic carbocycles. The van der Waals surface area contributed by atoms with E-state index in [1.807, 2.05) is 19.9 Å². The fraction of sp³-hybridized carbons (Fsp3) is 0.400. The van der Waals surface area contributed by atoms with Crippen molar-refractivity contribution in [2.75, 3.05) is 13.1 Å².